The number of nitrogens with zero attached hydrogens (tertiary/aromatic N) is 2. The first kappa shape index (κ1) is 22.9. The highest BCUT2D eigenvalue weighted by molar-refractivity contribution is 9.10. The molecule has 1 aromatic carbocycles. The fraction of sp³-hybridized carbons (Fsp3) is 0.636. The number of hydrogen-bond acceptors (Lipinski definition) is 4. The minimum Gasteiger partial charge on any atom is -0.394 e. The number of ether oxygens (including phenoxy) is 1. The Hall–Kier alpha value is -1.29. The molecule has 2 saturated heterocycles. The molecule has 5 atom stereocenters. The molecule has 4 rings (SSSR count). The van der Waals surface area contributed by atoms with Crippen molar-refractivity contribution in [2.75, 3.05) is 25.1 Å². The maximum Gasteiger partial charge on any atom is 0.264 e. The van der Waals surface area contributed by atoms with Gasteiger partial charge >= 0.3 is 0 Å². The summed E-state index contributed by atoms with van der Waals surface area (Å²) in [5, 5.41) is 9.60. The summed E-state index contributed by atoms with van der Waals surface area (Å²) in [6.45, 7) is 5.67. The second kappa shape index (κ2) is 7.93. The van der Waals surface area contributed by atoms with Gasteiger partial charge < -0.3 is 23.8 Å². The van der Waals surface area contributed by atoms with Crippen LogP contribution in [0.4, 0.5) is 9.80 Å². The normalized spacial score (nSPS) is 32.9. The van der Waals surface area contributed by atoms with Crippen molar-refractivity contribution in [2.45, 2.75) is 62.6 Å². The van der Waals surface area contributed by atoms with Crippen LogP contribution >= 0.6 is 15.9 Å². The third-order valence-electron chi connectivity index (χ3n) is 7.34. The smallest absolute Gasteiger partial charge is 0.264 e. The lowest BCUT2D eigenvalue weighted by molar-refractivity contribution is -0.149. The van der Waals surface area contributed by atoms with E-state index < -0.39 is 31.6 Å². The standard InChI is InChI=1S/C22H30BrFN2O4Si/c1-13-20(31(3,4)24)18(11-19(28)26-9-5-6-15(26)12-27)30-22(13)16-10-14(23)7-8-17(16)25(2)21(22)29/h7-8,10,13,15,18,20,27H,5-6,9,11-12H2,1-4H3/t13-,15+,18+,20-,22+/m1/s1. The molecule has 2 amide bonds. The first-order valence-electron chi connectivity index (χ1n) is 10.9. The molecule has 2 fully saturated rings. The first-order chi connectivity index (χ1) is 14.5. The van der Waals surface area contributed by atoms with E-state index in [2.05, 4.69) is 15.9 Å². The minimum atomic E-state index is -3.29. The highest BCUT2D eigenvalue weighted by Crippen LogP contribution is 2.60. The number of aliphatic hydroxyl groups excluding tert-OH is 1. The van der Waals surface area contributed by atoms with Gasteiger partial charge in [0.1, 0.15) is 0 Å². The molecule has 0 bridgehead atoms. The van der Waals surface area contributed by atoms with E-state index >= 15 is 4.11 Å². The van der Waals surface area contributed by atoms with Gasteiger partial charge in [-0.05, 0) is 44.1 Å². The molecule has 1 aromatic rings. The molecule has 9 heteroatoms. The van der Waals surface area contributed by atoms with Crippen LogP contribution in [0, 0.1) is 5.92 Å². The van der Waals surface area contributed by atoms with Crippen molar-refractivity contribution in [1.82, 2.24) is 4.90 Å². The van der Waals surface area contributed by atoms with Gasteiger partial charge in [0.25, 0.3) is 5.91 Å². The number of rotatable bonds is 4. The quantitative estimate of drug-likeness (QED) is 0.494. The van der Waals surface area contributed by atoms with E-state index in [9.17, 15) is 14.7 Å². The maximum atomic E-state index is 15.6. The van der Waals surface area contributed by atoms with Gasteiger partial charge in [-0.2, -0.15) is 0 Å². The van der Waals surface area contributed by atoms with Crippen LogP contribution in [-0.4, -0.2) is 62.6 Å². The maximum absolute atomic E-state index is 15.6. The number of halogens is 2. The monoisotopic (exact) mass is 512 g/mol. The number of carbonyl (C=O) groups is 2. The summed E-state index contributed by atoms with van der Waals surface area (Å²) in [6, 6.07) is 5.42. The molecule has 170 valence electrons. The van der Waals surface area contributed by atoms with E-state index in [0.29, 0.717) is 6.54 Å². The fourth-order valence-electron chi connectivity index (χ4n) is 5.97. The number of aliphatic hydroxyl groups is 1. The highest BCUT2D eigenvalue weighted by Gasteiger charge is 2.66. The molecule has 0 radical (unpaired) electrons. The molecule has 0 unspecified atom stereocenters. The van der Waals surface area contributed by atoms with Crippen LogP contribution in [0.25, 0.3) is 0 Å². The summed E-state index contributed by atoms with van der Waals surface area (Å²) in [5.74, 6) is -0.752. The number of anilines is 1. The molecular formula is C22H30BrFN2O4Si. The zero-order valence-electron chi connectivity index (χ0n) is 18.4. The van der Waals surface area contributed by atoms with Crippen molar-refractivity contribution < 1.29 is 23.5 Å². The highest BCUT2D eigenvalue weighted by atomic mass is 79.9. The summed E-state index contributed by atoms with van der Waals surface area (Å²) < 4.78 is 23.0. The van der Waals surface area contributed by atoms with E-state index in [4.69, 9.17) is 4.74 Å². The van der Waals surface area contributed by atoms with Gasteiger partial charge in [-0.1, -0.05) is 22.9 Å². The summed E-state index contributed by atoms with van der Waals surface area (Å²) >= 11 is 3.49. The summed E-state index contributed by atoms with van der Waals surface area (Å²) in [6.07, 6.45) is 0.955. The van der Waals surface area contributed by atoms with Crippen molar-refractivity contribution in [3.63, 3.8) is 0 Å². The van der Waals surface area contributed by atoms with Crippen LogP contribution in [0.1, 0.15) is 31.7 Å². The number of likely N-dealkylation sites (tertiary alicyclic amines) is 1. The van der Waals surface area contributed by atoms with E-state index in [0.717, 1.165) is 28.6 Å². The van der Waals surface area contributed by atoms with E-state index in [-0.39, 0.29) is 30.9 Å². The van der Waals surface area contributed by atoms with Gasteiger partial charge in [0.05, 0.1) is 30.9 Å². The van der Waals surface area contributed by atoms with Gasteiger partial charge in [0, 0.05) is 35.1 Å². The Morgan fingerprint density at radius 3 is 2.77 bits per heavy atom. The zero-order valence-corrected chi connectivity index (χ0v) is 21.0. The molecule has 1 spiro atoms. The van der Waals surface area contributed by atoms with Gasteiger partial charge in [-0.15, -0.1) is 0 Å². The molecule has 3 aliphatic heterocycles. The Balaban J connectivity index is 1.73. The zero-order chi connectivity index (χ0) is 22.7. The molecule has 6 nitrogen and oxygen atoms in total. The van der Waals surface area contributed by atoms with Crippen LogP contribution in [-0.2, 0) is 19.9 Å². The lowest BCUT2D eigenvalue weighted by Crippen LogP contribution is -2.44. The largest absolute Gasteiger partial charge is 0.394 e. The summed E-state index contributed by atoms with van der Waals surface area (Å²) in [5.41, 5.74) is -0.311. The molecule has 3 aliphatic rings. The lowest BCUT2D eigenvalue weighted by atomic mass is 9.82. The lowest BCUT2D eigenvalue weighted by Gasteiger charge is -2.31. The van der Waals surface area contributed by atoms with Gasteiger partial charge in [0.2, 0.25) is 14.3 Å². The van der Waals surface area contributed by atoms with Crippen molar-refractivity contribution >= 4 is 41.8 Å². The van der Waals surface area contributed by atoms with Crippen LogP contribution in [0.15, 0.2) is 22.7 Å². The van der Waals surface area contributed by atoms with Crippen molar-refractivity contribution in [2.24, 2.45) is 5.92 Å². The molecule has 1 N–H and O–H groups in total. The van der Waals surface area contributed by atoms with Crippen molar-refractivity contribution in [3.05, 3.63) is 28.2 Å². The SMILES string of the molecule is C[C@@H]1[C@@H]([Si](C)(C)F)[C@H](CC(=O)N2CCC[C@H]2CO)O[C@@]12C(=O)N(C)c1ccc(Br)cc12. The van der Waals surface area contributed by atoms with Crippen LogP contribution in [0.3, 0.4) is 0 Å². The molecular weight excluding hydrogens is 483 g/mol. The van der Waals surface area contributed by atoms with Crippen molar-refractivity contribution in [1.29, 1.82) is 0 Å². The number of benzene rings is 1. The molecule has 0 aromatic heterocycles. The summed E-state index contributed by atoms with van der Waals surface area (Å²) in [4.78, 5) is 29.9. The average molecular weight is 513 g/mol. The fourth-order valence-corrected chi connectivity index (χ4v) is 8.82. The number of fused-ring (bicyclic) bond motifs is 2. The number of likely N-dealkylation sites (N-methyl/N-ethyl adjacent to an activating group) is 1. The molecule has 0 saturated carbocycles. The Labute approximate surface area is 192 Å². The second-order valence-corrected chi connectivity index (χ2v) is 14.3. The van der Waals surface area contributed by atoms with Crippen molar-refractivity contribution in [3.8, 4) is 0 Å². The number of amides is 2. The molecule has 3 heterocycles. The first-order valence-corrected chi connectivity index (χ1v) is 14.6. The Bertz CT molecular complexity index is 910. The third kappa shape index (κ3) is 3.48. The number of hydrogen-bond donors (Lipinski definition) is 1. The predicted octanol–water partition coefficient (Wildman–Crippen LogP) is 3.57. The van der Waals surface area contributed by atoms with Gasteiger partial charge in [0.15, 0.2) is 5.60 Å². The average Bonchev–Trinajstić information content (AvgIpc) is 3.33. The topological polar surface area (TPSA) is 70.1 Å². The summed E-state index contributed by atoms with van der Waals surface area (Å²) in [7, 11) is -1.58. The Morgan fingerprint density at radius 2 is 2.13 bits per heavy atom. The van der Waals surface area contributed by atoms with Crippen LogP contribution in [0.5, 0.6) is 0 Å². The van der Waals surface area contributed by atoms with E-state index in [1.807, 2.05) is 25.1 Å². The van der Waals surface area contributed by atoms with E-state index in [1.165, 1.54) is 0 Å². The van der Waals surface area contributed by atoms with E-state index in [1.54, 1.807) is 29.9 Å². The minimum absolute atomic E-state index is 0.0218. The predicted molar refractivity (Wildman–Crippen MR) is 122 cm³/mol. The molecule has 31 heavy (non-hydrogen) atoms. The van der Waals surface area contributed by atoms with Crippen LogP contribution < -0.4 is 4.90 Å². The molecule has 0 aliphatic carbocycles. The Kier molecular flexibility index (Phi) is 5.86. The third-order valence-corrected chi connectivity index (χ3v) is 10.3. The number of carbonyl (C=O) groups excluding carboxylic acids is 2. The second-order valence-electron chi connectivity index (χ2n) is 9.57. The van der Waals surface area contributed by atoms with Gasteiger partial charge in [-0.25, -0.2) is 0 Å². The van der Waals surface area contributed by atoms with Gasteiger partial charge in [-0.3, -0.25) is 9.59 Å². The van der Waals surface area contributed by atoms with Crippen LogP contribution in [0.2, 0.25) is 18.6 Å². The Morgan fingerprint density at radius 1 is 1.42 bits per heavy atom.